The number of nitrogens with two attached hydrogens (primary N) is 1. The van der Waals surface area contributed by atoms with Gasteiger partial charge in [-0.3, -0.25) is 9.59 Å². The number of sulfone groups is 1. The molecule has 1 heterocycles. The van der Waals surface area contributed by atoms with Gasteiger partial charge < -0.3 is 15.2 Å². The highest BCUT2D eigenvalue weighted by atomic mass is 32.2. The van der Waals surface area contributed by atoms with E-state index in [4.69, 9.17) is 5.73 Å². The molecular formula is C9H13NO6S. The van der Waals surface area contributed by atoms with E-state index in [0.717, 1.165) is 7.11 Å². The SMILES string of the molecule is COC(=O)C1CS(=O)(=O)C2(N)C(C(=O)OC)C12. The van der Waals surface area contributed by atoms with E-state index < -0.39 is 44.4 Å². The number of esters is 2. The maximum Gasteiger partial charge on any atom is 0.312 e. The van der Waals surface area contributed by atoms with Crippen molar-refractivity contribution < 1.29 is 27.5 Å². The predicted molar refractivity (Wildman–Crippen MR) is 55.2 cm³/mol. The van der Waals surface area contributed by atoms with E-state index in [9.17, 15) is 18.0 Å². The molecule has 7 nitrogen and oxygen atoms in total. The van der Waals surface area contributed by atoms with Crippen molar-refractivity contribution in [2.24, 2.45) is 23.5 Å². The lowest BCUT2D eigenvalue weighted by Crippen LogP contribution is -2.37. The topological polar surface area (TPSA) is 113 Å². The second-order valence-electron chi connectivity index (χ2n) is 4.29. The maximum absolute atomic E-state index is 11.8. The van der Waals surface area contributed by atoms with E-state index >= 15 is 0 Å². The van der Waals surface area contributed by atoms with Gasteiger partial charge >= 0.3 is 11.9 Å². The Morgan fingerprint density at radius 3 is 2.24 bits per heavy atom. The van der Waals surface area contributed by atoms with Gasteiger partial charge in [-0.1, -0.05) is 0 Å². The average molecular weight is 263 g/mol. The fourth-order valence-electron chi connectivity index (χ4n) is 2.67. The summed E-state index contributed by atoms with van der Waals surface area (Å²) in [5.74, 6) is -4.29. The average Bonchev–Trinajstić information content (AvgIpc) is 2.86. The van der Waals surface area contributed by atoms with E-state index in [-0.39, 0.29) is 5.75 Å². The number of ether oxygens (including phenoxy) is 2. The van der Waals surface area contributed by atoms with Gasteiger partial charge in [-0.2, -0.15) is 0 Å². The zero-order valence-corrected chi connectivity index (χ0v) is 10.2. The molecule has 0 bridgehead atoms. The van der Waals surface area contributed by atoms with Crippen molar-refractivity contribution in [1.82, 2.24) is 0 Å². The van der Waals surface area contributed by atoms with Crippen molar-refractivity contribution in [1.29, 1.82) is 0 Å². The van der Waals surface area contributed by atoms with Crippen LogP contribution < -0.4 is 5.73 Å². The highest BCUT2D eigenvalue weighted by Gasteiger charge is 2.81. The summed E-state index contributed by atoms with van der Waals surface area (Å²) in [6.45, 7) is 0. The van der Waals surface area contributed by atoms with Gasteiger partial charge in [-0.25, -0.2) is 8.42 Å². The largest absolute Gasteiger partial charge is 0.469 e. The molecule has 4 atom stereocenters. The van der Waals surface area contributed by atoms with Gasteiger partial charge in [-0.15, -0.1) is 0 Å². The first-order valence-corrected chi connectivity index (χ1v) is 6.63. The summed E-state index contributed by atoms with van der Waals surface area (Å²) in [6.07, 6.45) is 0. The van der Waals surface area contributed by atoms with Crippen LogP contribution in [0.3, 0.4) is 0 Å². The molecular weight excluding hydrogens is 250 g/mol. The first-order valence-electron chi connectivity index (χ1n) is 4.98. The van der Waals surface area contributed by atoms with Crippen LogP contribution in [0.15, 0.2) is 0 Å². The third-order valence-electron chi connectivity index (χ3n) is 3.59. The van der Waals surface area contributed by atoms with E-state index in [0.29, 0.717) is 0 Å². The van der Waals surface area contributed by atoms with Crippen LogP contribution in [-0.2, 0) is 28.9 Å². The number of carbonyl (C=O) groups excluding carboxylic acids is 2. The first kappa shape index (κ1) is 12.3. The zero-order valence-electron chi connectivity index (χ0n) is 9.37. The first-order chi connectivity index (χ1) is 7.81. The normalized spacial score (nSPS) is 41.5. The predicted octanol–water partition coefficient (Wildman–Crippen LogP) is -1.72. The molecule has 17 heavy (non-hydrogen) atoms. The van der Waals surface area contributed by atoms with Crippen molar-refractivity contribution in [2.75, 3.05) is 20.0 Å². The number of carbonyl (C=O) groups is 2. The van der Waals surface area contributed by atoms with Gasteiger partial charge in [0.15, 0.2) is 9.84 Å². The van der Waals surface area contributed by atoms with Crippen LogP contribution in [0.5, 0.6) is 0 Å². The van der Waals surface area contributed by atoms with Gasteiger partial charge in [0.05, 0.1) is 31.8 Å². The molecule has 1 saturated heterocycles. The smallest absolute Gasteiger partial charge is 0.312 e. The highest BCUT2D eigenvalue weighted by Crippen LogP contribution is 2.62. The highest BCUT2D eigenvalue weighted by molar-refractivity contribution is 7.93. The fourth-order valence-corrected chi connectivity index (χ4v) is 5.05. The molecule has 0 aromatic rings. The number of hydrogen-bond acceptors (Lipinski definition) is 7. The van der Waals surface area contributed by atoms with E-state index in [1.807, 2.05) is 0 Å². The molecule has 2 N–H and O–H groups in total. The second-order valence-corrected chi connectivity index (χ2v) is 6.56. The Hall–Kier alpha value is -1.15. The lowest BCUT2D eigenvalue weighted by Gasteiger charge is -2.11. The minimum atomic E-state index is -3.68. The van der Waals surface area contributed by atoms with Gasteiger partial charge in [0.1, 0.15) is 4.87 Å². The quantitative estimate of drug-likeness (QED) is 0.589. The van der Waals surface area contributed by atoms with Crippen molar-refractivity contribution in [3.63, 3.8) is 0 Å². The minimum Gasteiger partial charge on any atom is -0.469 e. The summed E-state index contributed by atoms with van der Waals surface area (Å²) in [5, 5.41) is 0. The molecule has 2 rings (SSSR count). The Balaban J connectivity index is 2.36. The van der Waals surface area contributed by atoms with Gasteiger partial charge in [0.25, 0.3) is 0 Å². The van der Waals surface area contributed by atoms with Gasteiger partial charge in [0.2, 0.25) is 0 Å². The Morgan fingerprint density at radius 1 is 1.24 bits per heavy atom. The van der Waals surface area contributed by atoms with Gasteiger partial charge in [0, 0.05) is 5.92 Å². The Labute approximate surface area is 98.2 Å². The third kappa shape index (κ3) is 1.34. The van der Waals surface area contributed by atoms with Crippen molar-refractivity contribution in [3.8, 4) is 0 Å². The molecule has 0 spiro atoms. The minimum absolute atomic E-state index is 0.367. The molecule has 1 aliphatic carbocycles. The van der Waals surface area contributed by atoms with Crippen LogP contribution in [0.1, 0.15) is 0 Å². The summed E-state index contributed by atoms with van der Waals surface area (Å²) in [5.41, 5.74) is 5.74. The number of hydrogen-bond donors (Lipinski definition) is 1. The summed E-state index contributed by atoms with van der Waals surface area (Å²) in [7, 11) is -1.36. The summed E-state index contributed by atoms with van der Waals surface area (Å²) >= 11 is 0. The number of methoxy groups -OCH3 is 2. The molecule has 4 unspecified atom stereocenters. The molecule has 0 aromatic heterocycles. The van der Waals surface area contributed by atoms with Crippen LogP contribution in [0.2, 0.25) is 0 Å². The molecule has 0 radical (unpaired) electrons. The molecule has 2 fully saturated rings. The number of rotatable bonds is 2. The lowest BCUT2D eigenvalue weighted by atomic mass is 10.0. The van der Waals surface area contributed by atoms with Crippen molar-refractivity contribution >= 4 is 21.8 Å². The Kier molecular flexibility index (Phi) is 2.48. The Bertz CT molecular complexity index is 468. The van der Waals surface area contributed by atoms with Crippen molar-refractivity contribution in [2.45, 2.75) is 4.87 Å². The molecule has 96 valence electrons. The van der Waals surface area contributed by atoms with Gasteiger partial charge in [-0.05, 0) is 0 Å². The molecule has 1 aliphatic heterocycles. The molecule has 1 saturated carbocycles. The molecule has 2 aliphatic rings. The molecule has 0 aromatic carbocycles. The summed E-state index contributed by atoms with van der Waals surface area (Å²) in [4.78, 5) is 21.2. The van der Waals surface area contributed by atoms with E-state index in [1.165, 1.54) is 7.11 Å². The second kappa shape index (κ2) is 3.42. The van der Waals surface area contributed by atoms with Crippen LogP contribution in [-0.4, -0.2) is 45.2 Å². The zero-order chi connectivity index (χ0) is 13.0. The van der Waals surface area contributed by atoms with Crippen LogP contribution in [0.25, 0.3) is 0 Å². The number of fused-ring (bicyclic) bond motifs is 1. The summed E-state index contributed by atoms with van der Waals surface area (Å²) < 4.78 is 32.7. The lowest BCUT2D eigenvalue weighted by molar-refractivity contribution is -0.146. The Morgan fingerprint density at radius 2 is 1.76 bits per heavy atom. The molecule has 0 amide bonds. The van der Waals surface area contributed by atoms with Crippen LogP contribution in [0.4, 0.5) is 0 Å². The van der Waals surface area contributed by atoms with Crippen LogP contribution >= 0.6 is 0 Å². The maximum atomic E-state index is 11.8. The monoisotopic (exact) mass is 263 g/mol. The summed E-state index contributed by atoms with van der Waals surface area (Å²) in [6, 6.07) is 0. The van der Waals surface area contributed by atoms with Crippen LogP contribution in [0, 0.1) is 17.8 Å². The standard InChI is InChI=1S/C9H13NO6S/c1-15-7(11)4-3-17(13,14)9(10)5(4)6(9)8(12)16-2/h4-6H,3,10H2,1-2H3. The van der Waals surface area contributed by atoms with E-state index in [2.05, 4.69) is 9.47 Å². The van der Waals surface area contributed by atoms with E-state index in [1.54, 1.807) is 0 Å². The van der Waals surface area contributed by atoms with Crippen molar-refractivity contribution in [3.05, 3.63) is 0 Å². The third-order valence-corrected chi connectivity index (χ3v) is 5.99. The molecule has 8 heteroatoms. The fraction of sp³-hybridized carbons (Fsp3) is 0.778.